The molecule has 19 heavy (non-hydrogen) atoms. The Morgan fingerprint density at radius 3 is 2.63 bits per heavy atom. The molecule has 0 aromatic carbocycles. The van der Waals surface area contributed by atoms with Crippen molar-refractivity contribution in [1.29, 1.82) is 0 Å². The molecular weight excluding hydrogens is 258 g/mol. The lowest BCUT2D eigenvalue weighted by molar-refractivity contribution is 0.515. The number of aromatic nitrogens is 1. The number of rotatable bonds is 5. The quantitative estimate of drug-likeness (QED) is 0.839. The Morgan fingerprint density at radius 1 is 1.26 bits per heavy atom. The SMILES string of the molecule is NCCCN(c1ncccc1Cl)C1CCCCCC1. The summed E-state index contributed by atoms with van der Waals surface area (Å²) in [6.45, 7) is 1.67. The first-order valence-corrected chi connectivity index (χ1v) is 7.78. The minimum absolute atomic E-state index is 0.571. The van der Waals surface area contributed by atoms with E-state index < -0.39 is 0 Å². The number of halogens is 1. The maximum Gasteiger partial charge on any atom is 0.147 e. The Kier molecular flexibility index (Phi) is 5.93. The van der Waals surface area contributed by atoms with Crippen molar-refractivity contribution in [3.8, 4) is 0 Å². The van der Waals surface area contributed by atoms with Crippen molar-refractivity contribution in [2.24, 2.45) is 5.73 Å². The highest BCUT2D eigenvalue weighted by Gasteiger charge is 2.22. The van der Waals surface area contributed by atoms with Gasteiger partial charge < -0.3 is 10.6 Å². The van der Waals surface area contributed by atoms with Gasteiger partial charge in [-0.05, 0) is 37.9 Å². The summed E-state index contributed by atoms with van der Waals surface area (Å²) in [6, 6.07) is 4.39. The fourth-order valence-electron chi connectivity index (χ4n) is 2.88. The summed E-state index contributed by atoms with van der Waals surface area (Å²) in [5, 5.41) is 0.753. The van der Waals surface area contributed by atoms with Crippen molar-refractivity contribution in [2.75, 3.05) is 18.0 Å². The second-order valence-corrected chi connectivity index (χ2v) is 5.70. The average Bonchev–Trinajstić information content (AvgIpc) is 2.70. The summed E-state index contributed by atoms with van der Waals surface area (Å²) in [5.74, 6) is 0.935. The molecular formula is C15H24ClN3. The third-order valence-corrected chi connectivity index (χ3v) is 4.17. The molecule has 2 rings (SSSR count). The maximum atomic E-state index is 6.32. The first kappa shape index (κ1) is 14.6. The Morgan fingerprint density at radius 2 is 2.00 bits per heavy atom. The van der Waals surface area contributed by atoms with E-state index in [9.17, 15) is 0 Å². The average molecular weight is 282 g/mol. The lowest BCUT2D eigenvalue weighted by Gasteiger charge is -2.32. The highest BCUT2D eigenvalue weighted by molar-refractivity contribution is 6.32. The van der Waals surface area contributed by atoms with Gasteiger partial charge in [-0.15, -0.1) is 0 Å². The standard InChI is InChI=1S/C15H24ClN3/c16-14-9-5-11-18-15(14)19(12-6-10-17)13-7-3-1-2-4-8-13/h5,9,11,13H,1-4,6-8,10,12,17H2. The molecule has 106 valence electrons. The van der Waals surface area contributed by atoms with Crippen molar-refractivity contribution in [3.63, 3.8) is 0 Å². The number of nitrogens with zero attached hydrogens (tertiary/aromatic N) is 2. The van der Waals surface area contributed by atoms with E-state index in [2.05, 4.69) is 9.88 Å². The summed E-state index contributed by atoms with van der Waals surface area (Å²) in [4.78, 5) is 6.88. The minimum atomic E-state index is 0.571. The van der Waals surface area contributed by atoms with Gasteiger partial charge in [-0.25, -0.2) is 4.98 Å². The van der Waals surface area contributed by atoms with Crippen LogP contribution in [0.1, 0.15) is 44.9 Å². The van der Waals surface area contributed by atoms with E-state index in [1.807, 2.05) is 18.3 Å². The van der Waals surface area contributed by atoms with Crippen LogP contribution in [-0.2, 0) is 0 Å². The fraction of sp³-hybridized carbons (Fsp3) is 0.667. The molecule has 1 heterocycles. The topological polar surface area (TPSA) is 42.1 Å². The van der Waals surface area contributed by atoms with Crippen LogP contribution in [0.2, 0.25) is 5.02 Å². The van der Waals surface area contributed by atoms with Crippen LogP contribution >= 0.6 is 11.6 Å². The van der Waals surface area contributed by atoms with E-state index >= 15 is 0 Å². The molecule has 1 fully saturated rings. The second kappa shape index (κ2) is 7.71. The van der Waals surface area contributed by atoms with Crippen molar-refractivity contribution in [3.05, 3.63) is 23.4 Å². The molecule has 4 heteroatoms. The van der Waals surface area contributed by atoms with Gasteiger partial charge in [0, 0.05) is 18.8 Å². The smallest absolute Gasteiger partial charge is 0.147 e. The molecule has 1 aromatic heterocycles. The molecule has 0 saturated heterocycles. The molecule has 0 spiro atoms. The third kappa shape index (κ3) is 4.08. The zero-order valence-electron chi connectivity index (χ0n) is 11.5. The van der Waals surface area contributed by atoms with Crippen LogP contribution in [0.4, 0.5) is 5.82 Å². The van der Waals surface area contributed by atoms with Crippen LogP contribution in [0.15, 0.2) is 18.3 Å². The molecule has 1 aromatic rings. The van der Waals surface area contributed by atoms with E-state index in [4.69, 9.17) is 17.3 Å². The molecule has 0 radical (unpaired) electrons. The van der Waals surface area contributed by atoms with Crippen LogP contribution < -0.4 is 10.6 Å². The van der Waals surface area contributed by atoms with Crippen LogP contribution in [0, 0.1) is 0 Å². The Balaban J connectivity index is 2.16. The van der Waals surface area contributed by atoms with Gasteiger partial charge in [0.25, 0.3) is 0 Å². The van der Waals surface area contributed by atoms with E-state index in [1.54, 1.807) is 0 Å². The lowest BCUT2D eigenvalue weighted by atomic mass is 10.1. The van der Waals surface area contributed by atoms with Crippen LogP contribution in [-0.4, -0.2) is 24.1 Å². The van der Waals surface area contributed by atoms with Crippen molar-refractivity contribution in [1.82, 2.24) is 4.98 Å². The molecule has 3 nitrogen and oxygen atoms in total. The third-order valence-electron chi connectivity index (χ3n) is 3.88. The van der Waals surface area contributed by atoms with Gasteiger partial charge in [0.2, 0.25) is 0 Å². The summed E-state index contributed by atoms with van der Waals surface area (Å²) in [6.07, 6.45) is 10.7. The Bertz CT molecular complexity index is 375. The van der Waals surface area contributed by atoms with E-state index in [-0.39, 0.29) is 0 Å². The van der Waals surface area contributed by atoms with E-state index in [1.165, 1.54) is 38.5 Å². The number of hydrogen-bond donors (Lipinski definition) is 1. The highest BCUT2D eigenvalue weighted by atomic mass is 35.5. The number of anilines is 1. The molecule has 0 amide bonds. The van der Waals surface area contributed by atoms with Gasteiger partial charge in [-0.1, -0.05) is 37.3 Å². The molecule has 1 aliphatic rings. The minimum Gasteiger partial charge on any atom is -0.352 e. The molecule has 1 aliphatic carbocycles. The van der Waals surface area contributed by atoms with Crippen LogP contribution in [0.3, 0.4) is 0 Å². The predicted molar refractivity (Wildman–Crippen MR) is 81.8 cm³/mol. The van der Waals surface area contributed by atoms with Crippen molar-refractivity contribution >= 4 is 17.4 Å². The zero-order valence-corrected chi connectivity index (χ0v) is 12.3. The molecule has 0 aliphatic heterocycles. The van der Waals surface area contributed by atoms with Gasteiger partial charge in [0.1, 0.15) is 5.82 Å². The maximum absolute atomic E-state index is 6.32. The van der Waals surface area contributed by atoms with Gasteiger partial charge >= 0.3 is 0 Å². The predicted octanol–water partition coefficient (Wildman–Crippen LogP) is 3.61. The summed E-state index contributed by atoms with van der Waals surface area (Å²) >= 11 is 6.32. The molecule has 0 bridgehead atoms. The highest BCUT2D eigenvalue weighted by Crippen LogP contribution is 2.29. The van der Waals surface area contributed by atoms with Gasteiger partial charge in [-0.2, -0.15) is 0 Å². The normalized spacial score (nSPS) is 17.2. The first-order chi connectivity index (χ1) is 9.33. The molecule has 0 atom stereocenters. The van der Waals surface area contributed by atoms with Gasteiger partial charge in [0.15, 0.2) is 0 Å². The number of hydrogen-bond acceptors (Lipinski definition) is 3. The summed E-state index contributed by atoms with van der Waals surface area (Å²) in [7, 11) is 0. The van der Waals surface area contributed by atoms with Crippen molar-refractivity contribution in [2.45, 2.75) is 51.0 Å². The fourth-order valence-corrected chi connectivity index (χ4v) is 3.11. The van der Waals surface area contributed by atoms with Crippen LogP contribution in [0.5, 0.6) is 0 Å². The number of nitrogens with two attached hydrogens (primary N) is 1. The van der Waals surface area contributed by atoms with E-state index in [0.29, 0.717) is 12.6 Å². The Hall–Kier alpha value is -0.800. The monoisotopic (exact) mass is 281 g/mol. The summed E-state index contributed by atoms with van der Waals surface area (Å²) < 4.78 is 0. The van der Waals surface area contributed by atoms with Gasteiger partial charge in [-0.3, -0.25) is 0 Å². The lowest BCUT2D eigenvalue weighted by Crippen LogP contribution is -2.37. The number of pyridine rings is 1. The first-order valence-electron chi connectivity index (χ1n) is 7.40. The second-order valence-electron chi connectivity index (χ2n) is 5.29. The summed E-state index contributed by atoms with van der Waals surface area (Å²) in [5.41, 5.74) is 5.67. The molecule has 1 saturated carbocycles. The molecule has 0 unspecified atom stereocenters. The van der Waals surface area contributed by atoms with Crippen molar-refractivity contribution < 1.29 is 0 Å². The van der Waals surface area contributed by atoms with Crippen LogP contribution in [0.25, 0.3) is 0 Å². The zero-order chi connectivity index (χ0) is 13.5. The largest absolute Gasteiger partial charge is 0.352 e. The van der Waals surface area contributed by atoms with Gasteiger partial charge in [0.05, 0.1) is 5.02 Å². The molecule has 2 N–H and O–H groups in total. The Labute approximate surface area is 121 Å². The van der Waals surface area contributed by atoms with E-state index in [0.717, 1.165) is 23.8 Å².